The van der Waals surface area contributed by atoms with Crippen molar-refractivity contribution in [2.75, 3.05) is 25.4 Å². The molecule has 7 nitrogen and oxygen atoms in total. The summed E-state index contributed by atoms with van der Waals surface area (Å²) in [7, 11) is -3.26. The van der Waals surface area contributed by atoms with E-state index in [2.05, 4.69) is 0 Å². The fourth-order valence-corrected chi connectivity index (χ4v) is 4.31. The average Bonchev–Trinajstić information content (AvgIpc) is 2.65. The molecule has 0 unspecified atom stereocenters. The van der Waals surface area contributed by atoms with Gasteiger partial charge in [0.15, 0.2) is 0 Å². The lowest BCUT2D eigenvalue weighted by atomic mass is 10.0. The van der Waals surface area contributed by atoms with Gasteiger partial charge in [0.2, 0.25) is 10.0 Å². The largest absolute Gasteiger partial charge is 0.480 e. The molecule has 0 aromatic heterocycles. The highest BCUT2D eigenvalue weighted by Crippen LogP contribution is 2.21. The molecule has 8 heteroatoms. The molecule has 1 aliphatic rings. The summed E-state index contributed by atoms with van der Waals surface area (Å²) in [4.78, 5) is 25.5. The zero-order valence-electron chi connectivity index (χ0n) is 15.2. The molecule has 26 heavy (non-hydrogen) atoms. The van der Waals surface area contributed by atoms with E-state index in [1.54, 1.807) is 19.1 Å². The molecule has 0 bridgehead atoms. The van der Waals surface area contributed by atoms with Crippen LogP contribution in [-0.4, -0.2) is 66.0 Å². The summed E-state index contributed by atoms with van der Waals surface area (Å²) < 4.78 is 25.4. The third kappa shape index (κ3) is 4.82. The summed E-state index contributed by atoms with van der Waals surface area (Å²) in [5, 5.41) is 9.21. The molecule has 0 radical (unpaired) electrons. The first kappa shape index (κ1) is 20.4. The Morgan fingerprint density at radius 1 is 1.15 bits per heavy atom. The van der Waals surface area contributed by atoms with Gasteiger partial charge in [-0.25, -0.2) is 12.7 Å². The lowest BCUT2D eigenvalue weighted by Crippen LogP contribution is -2.50. The van der Waals surface area contributed by atoms with Gasteiger partial charge in [0, 0.05) is 24.7 Å². The smallest absolute Gasteiger partial charge is 0.323 e. The molecule has 1 amide bonds. The molecule has 1 saturated heterocycles. The van der Waals surface area contributed by atoms with Gasteiger partial charge < -0.3 is 10.0 Å². The van der Waals surface area contributed by atoms with Crippen molar-refractivity contribution < 1.29 is 23.1 Å². The second-order valence-electron chi connectivity index (χ2n) is 6.41. The SMILES string of the molecule is CCc1ccc(C(=O)N(CC(=O)O)C2CCN(S(=O)(=O)CC)CC2)cc1. The number of nitrogens with zero attached hydrogens (tertiary/aromatic N) is 2. The Kier molecular flexibility index (Phi) is 6.77. The fraction of sp³-hybridized carbons (Fsp3) is 0.556. The molecule has 0 saturated carbocycles. The maximum Gasteiger partial charge on any atom is 0.323 e. The second kappa shape index (κ2) is 8.64. The molecule has 1 aromatic rings. The van der Waals surface area contributed by atoms with Gasteiger partial charge in [-0.3, -0.25) is 9.59 Å². The number of aryl methyl sites for hydroxylation is 1. The molecule has 1 fully saturated rings. The van der Waals surface area contributed by atoms with Gasteiger partial charge in [-0.15, -0.1) is 0 Å². The molecular weight excluding hydrogens is 356 g/mol. The Hall–Kier alpha value is -1.93. The Labute approximate surface area is 154 Å². The summed E-state index contributed by atoms with van der Waals surface area (Å²) in [6, 6.07) is 6.87. The third-order valence-electron chi connectivity index (χ3n) is 4.80. The number of benzene rings is 1. The zero-order chi connectivity index (χ0) is 19.3. The van der Waals surface area contributed by atoms with E-state index >= 15 is 0 Å². The predicted octanol–water partition coefficient (Wildman–Crippen LogP) is 1.59. The number of aliphatic carboxylic acids is 1. The number of amides is 1. The van der Waals surface area contributed by atoms with Crippen LogP contribution in [0.5, 0.6) is 0 Å². The first-order chi connectivity index (χ1) is 12.3. The standard InChI is InChI=1S/C18H26N2O5S/c1-3-14-5-7-15(8-6-14)18(23)20(13-17(21)22)16-9-11-19(12-10-16)26(24,25)4-2/h5-8,16H,3-4,9-13H2,1-2H3,(H,21,22). The van der Waals surface area contributed by atoms with Crippen LogP contribution in [0.4, 0.5) is 0 Å². The van der Waals surface area contributed by atoms with Crippen LogP contribution < -0.4 is 0 Å². The van der Waals surface area contributed by atoms with Gasteiger partial charge >= 0.3 is 5.97 Å². The van der Waals surface area contributed by atoms with Crippen molar-refractivity contribution in [3.05, 3.63) is 35.4 Å². The number of hydrogen-bond donors (Lipinski definition) is 1. The number of sulfonamides is 1. The van der Waals surface area contributed by atoms with E-state index in [9.17, 15) is 23.1 Å². The minimum Gasteiger partial charge on any atom is -0.480 e. The maximum absolute atomic E-state index is 12.8. The molecule has 1 aliphatic heterocycles. The number of carbonyl (C=O) groups excluding carboxylic acids is 1. The van der Waals surface area contributed by atoms with Crippen LogP contribution in [0.15, 0.2) is 24.3 Å². The molecule has 1 aromatic carbocycles. The number of carboxylic acid groups (broad SMARTS) is 1. The van der Waals surface area contributed by atoms with Crippen molar-refractivity contribution in [2.45, 2.75) is 39.2 Å². The van der Waals surface area contributed by atoms with Crippen molar-refractivity contribution in [1.29, 1.82) is 0 Å². The molecule has 0 spiro atoms. The van der Waals surface area contributed by atoms with Crippen LogP contribution in [0, 0.1) is 0 Å². The molecule has 1 heterocycles. The van der Waals surface area contributed by atoms with Crippen LogP contribution in [0.25, 0.3) is 0 Å². The molecule has 2 rings (SSSR count). The van der Waals surface area contributed by atoms with Gasteiger partial charge in [0.25, 0.3) is 5.91 Å². The fourth-order valence-electron chi connectivity index (χ4n) is 3.18. The summed E-state index contributed by atoms with van der Waals surface area (Å²) in [6.45, 7) is 3.84. The van der Waals surface area contributed by atoms with Gasteiger partial charge in [-0.2, -0.15) is 0 Å². The van der Waals surface area contributed by atoms with E-state index in [1.807, 2.05) is 19.1 Å². The van der Waals surface area contributed by atoms with E-state index in [4.69, 9.17) is 0 Å². The van der Waals surface area contributed by atoms with E-state index in [-0.39, 0.29) is 24.2 Å². The van der Waals surface area contributed by atoms with Crippen molar-refractivity contribution in [2.24, 2.45) is 0 Å². The molecule has 0 aliphatic carbocycles. The van der Waals surface area contributed by atoms with E-state index in [1.165, 1.54) is 9.21 Å². The zero-order valence-corrected chi connectivity index (χ0v) is 16.0. The van der Waals surface area contributed by atoms with Gasteiger partial charge in [0.1, 0.15) is 6.54 Å². The third-order valence-corrected chi connectivity index (χ3v) is 6.68. The number of piperidine rings is 1. The highest BCUT2D eigenvalue weighted by Gasteiger charge is 2.33. The topological polar surface area (TPSA) is 95.0 Å². The number of rotatable bonds is 7. The second-order valence-corrected chi connectivity index (χ2v) is 8.67. The maximum atomic E-state index is 12.8. The first-order valence-electron chi connectivity index (χ1n) is 8.88. The van der Waals surface area contributed by atoms with E-state index in [0.29, 0.717) is 31.5 Å². The average molecular weight is 382 g/mol. The van der Waals surface area contributed by atoms with E-state index < -0.39 is 16.0 Å². The number of hydrogen-bond acceptors (Lipinski definition) is 4. The minimum absolute atomic E-state index is 0.0409. The van der Waals surface area contributed by atoms with Crippen molar-refractivity contribution >= 4 is 21.9 Å². The summed E-state index contributed by atoms with van der Waals surface area (Å²) in [6.07, 6.45) is 1.73. The Bertz CT molecular complexity index is 737. The first-order valence-corrected chi connectivity index (χ1v) is 10.5. The lowest BCUT2D eigenvalue weighted by Gasteiger charge is -2.37. The van der Waals surface area contributed by atoms with E-state index in [0.717, 1.165) is 12.0 Å². The summed E-state index contributed by atoms with van der Waals surface area (Å²) >= 11 is 0. The van der Waals surface area contributed by atoms with Crippen LogP contribution in [0.1, 0.15) is 42.6 Å². The van der Waals surface area contributed by atoms with Crippen molar-refractivity contribution in [1.82, 2.24) is 9.21 Å². The Balaban J connectivity index is 2.14. The Morgan fingerprint density at radius 2 is 1.73 bits per heavy atom. The molecule has 144 valence electrons. The number of carbonyl (C=O) groups is 2. The minimum atomic E-state index is -3.26. The molecule has 0 atom stereocenters. The van der Waals surface area contributed by atoms with Gasteiger partial charge in [-0.1, -0.05) is 19.1 Å². The highest BCUT2D eigenvalue weighted by atomic mass is 32.2. The molecule has 1 N–H and O–H groups in total. The Morgan fingerprint density at radius 3 is 2.19 bits per heavy atom. The van der Waals surface area contributed by atoms with Crippen molar-refractivity contribution in [3.8, 4) is 0 Å². The van der Waals surface area contributed by atoms with Crippen LogP contribution >= 0.6 is 0 Å². The normalized spacial score (nSPS) is 16.4. The summed E-state index contributed by atoms with van der Waals surface area (Å²) in [5.41, 5.74) is 1.55. The van der Waals surface area contributed by atoms with Gasteiger partial charge in [0.05, 0.1) is 5.75 Å². The highest BCUT2D eigenvalue weighted by molar-refractivity contribution is 7.89. The lowest BCUT2D eigenvalue weighted by molar-refractivity contribution is -0.138. The van der Waals surface area contributed by atoms with Crippen LogP contribution in [0.3, 0.4) is 0 Å². The molecular formula is C18H26N2O5S. The van der Waals surface area contributed by atoms with Crippen LogP contribution in [-0.2, 0) is 21.2 Å². The van der Waals surface area contributed by atoms with Crippen molar-refractivity contribution in [3.63, 3.8) is 0 Å². The quantitative estimate of drug-likeness (QED) is 0.773. The predicted molar refractivity (Wildman–Crippen MR) is 98.5 cm³/mol. The monoisotopic (exact) mass is 382 g/mol. The van der Waals surface area contributed by atoms with Crippen LogP contribution in [0.2, 0.25) is 0 Å². The van der Waals surface area contributed by atoms with Gasteiger partial charge in [-0.05, 0) is 43.9 Å². The summed E-state index contributed by atoms with van der Waals surface area (Å²) in [5.74, 6) is -1.36. The number of carboxylic acids is 1.